The normalized spacial score (nSPS) is 9.80. The highest BCUT2D eigenvalue weighted by Gasteiger charge is 2.24. The summed E-state index contributed by atoms with van der Waals surface area (Å²) >= 11 is 0. The lowest BCUT2D eigenvalue weighted by atomic mass is 10.1. The largest absolute Gasteiger partial charge is 0.461 e. The predicted molar refractivity (Wildman–Crippen MR) is 55.3 cm³/mol. The average molecular weight is 200 g/mol. The summed E-state index contributed by atoms with van der Waals surface area (Å²) in [6, 6.07) is 10.0. The topological polar surface area (TPSA) is 71.3 Å². The molecule has 2 rings (SSSR count). The minimum atomic E-state index is -0.568. The molecule has 0 saturated carbocycles. The molecule has 72 valence electrons. The van der Waals surface area contributed by atoms with E-state index in [0.717, 1.165) is 10.8 Å². The first-order valence-corrected chi connectivity index (χ1v) is 4.24. The van der Waals surface area contributed by atoms with Crippen LogP contribution in [0, 0.1) is 15.5 Å². The molecule has 2 aromatic rings. The van der Waals surface area contributed by atoms with E-state index in [0.29, 0.717) is 0 Å². The third-order valence-electron chi connectivity index (χ3n) is 2.15. The molecule has 0 unspecified atom stereocenters. The number of hydrogen-bond donors (Lipinski definition) is 0. The van der Waals surface area contributed by atoms with Crippen LogP contribution >= 0.6 is 0 Å². The highest BCUT2D eigenvalue weighted by molar-refractivity contribution is 5.90. The van der Waals surface area contributed by atoms with Gasteiger partial charge in [0.15, 0.2) is 4.98 Å². The number of benzene rings is 2. The van der Waals surface area contributed by atoms with E-state index in [1.54, 1.807) is 18.2 Å². The molecule has 0 N–H and O–H groups in total. The van der Waals surface area contributed by atoms with Gasteiger partial charge in [-0.25, -0.2) is 0 Å². The standard InChI is InChI=1S/C10H6N3O2/c11-12-9-5-7-3-1-2-4-8(7)6-10(9)13(14)15/h1-6H/q+1. The van der Waals surface area contributed by atoms with Crippen LogP contribution in [0.25, 0.3) is 15.7 Å². The van der Waals surface area contributed by atoms with Crippen LogP contribution in [0.5, 0.6) is 0 Å². The fourth-order valence-corrected chi connectivity index (χ4v) is 1.44. The number of rotatable bonds is 1. The Balaban J connectivity index is 2.82. The van der Waals surface area contributed by atoms with E-state index in [4.69, 9.17) is 5.39 Å². The van der Waals surface area contributed by atoms with Crippen LogP contribution in [-0.2, 0) is 0 Å². The predicted octanol–water partition coefficient (Wildman–Crippen LogP) is 3.23. The molecule has 0 spiro atoms. The second-order valence-electron chi connectivity index (χ2n) is 3.05. The molecule has 0 bridgehead atoms. The Labute approximate surface area is 84.7 Å². The molecule has 5 nitrogen and oxygen atoms in total. The van der Waals surface area contributed by atoms with Gasteiger partial charge < -0.3 is 0 Å². The third-order valence-corrected chi connectivity index (χ3v) is 2.15. The van der Waals surface area contributed by atoms with E-state index >= 15 is 0 Å². The second kappa shape index (κ2) is 3.35. The van der Waals surface area contributed by atoms with Gasteiger partial charge in [0.1, 0.15) is 0 Å². The van der Waals surface area contributed by atoms with Crippen molar-refractivity contribution in [3.05, 3.63) is 51.5 Å². The molecule has 15 heavy (non-hydrogen) atoms. The first-order chi connectivity index (χ1) is 7.22. The summed E-state index contributed by atoms with van der Waals surface area (Å²) < 4.78 is 0. The Morgan fingerprint density at radius 3 is 2.33 bits per heavy atom. The lowest BCUT2D eigenvalue weighted by molar-refractivity contribution is -0.383. The van der Waals surface area contributed by atoms with Gasteiger partial charge in [-0.2, -0.15) is 0 Å². The summed E-state index contributed by atoms with van der Waals surface area (Å²) in [6.07, 6.45) is 0. The van der Waals surface area contributed by atoms with Crippen molar-refractivity contribution < 1.29 is 4.92 Å². The summed E-state index contributed by atoms with van der Waals surface area (Å²) in [7, 11) is 0. The maximum absolute atomic E-state index is 10.7. The van der Waals surface area contributed by atoms with Gasteiger partial charge in [-0.1, -0.05) is 24.3 Å². The second-order valence-corrected chi connectivity index (χ2v) is 3.05. The summed E-state index contributed by atoms with van der Waals surface area (Å²) in [4.78, 5) is 13.0. The minimum absolute atomic E-state index is 0.0290. The fourth-order valence-electron chi connectivity index (χ4n) is 1.44. The molecule has 0 aliphatic heterocycles. The lowest BCUT2D eigenvalue weighted by Crippen LogP contribution is -1.88. The summed E-state index contributed by atoms with van der Waals surface area (Å²) in [5.41, 5.74) is -0.227. The number of fused-ring (bicyclic) bond motifs is 1. The van der Waals surface area contributed by atoms with Crippen LogP contribution < -0.4 is 0 Å². The van der Waals surface area contributed by atoms with Crippen LogP contribution in [0.2, 0.25) is 0 Å². The van der Waals surface area contributed by atoms with Crippen molar-refractivity contribution in [1.82, 2.24) is 0 Å². The number of diazo groups is 1. The smallest absolute Gasteiger partial charge is 0.258 e. The van der Waals surface area contributed by atoms with E-state index in [2.05, 4.69) is 4.98 Å². The Bertz CT molecular complexity index is 587. The van der Waals surface area contributed by atoms with Crippen molar-refractivity contribution in [2.75, 3.05) is 0 Å². The molecule has 0 aromatic heterocycles. The quantitative estimate of drug-likeness (QED) is 0.403. The van der Waals surface area contributed by atoms with Gasteiger partial charge in [-0.05, 0) is 10.8 Å². The zero-order valence-corrected chi connectivity index (χ0v) is 7.62. The number of nitro groups is 1. The minimum Gasteiger partial charge on any atom is -0.258 e. The zero-order chi connectivity index (χ0) is 10.8. The highest BCUT2D eigenvalue weighted by Crippen LogP contribution is 2.32. The molecule has 0 heterocycles. The van der Waals surface area contributed by atoms with E-state index in [1.165, 1.54) is 12.1 Å². The number of hydrogen-bond acceptors (Lipinski definition) is 3. The Hall–Kier alpha value is -2.48. The van der Waals surface area contributed by atoms with Crippen molar-refractivity contribution in [3.63, 3.8) is 0 Å². The van der Waals surface area contributed by atoms with E-state index in [1.807, 2.05) is 6.07 Å². The van der Waals surface area contributed by atoms with Gasteiger partial charge in [0.05, 0.1) is 4.92 Å². The van der Waals surface area contributed by atoms with Crippen molar-refractivity contribution >= 4 is 22.1 Å². The van der Waals surface area contributed by atoms with Gasteiger partial charge in [-0.15, -0.1) is 0 Å². The molecule has 0 amide bonds. The molecule has 0 aliphatic carbocycles. The van der Waals surface area contributed by atoms with Crippen molar-refractivity contribution in [2.24, 2.45) is 0 Å². The van der Waals surface area contributed by atoms with Crippen molar-refractivity contribution in [1.29, 1.82) is 5.39 Å². The molecule has 0 fully saturated rings. The number of nitrogens with zero attached hydrogens (tertiary/aromatic N) is 3. The summed E-state index contributed by atoms with van der Waals surface area (Å²) in [5, 5.41) is 20.9. The molecule has 0 radical (unpaired) electrons. The third kappa shape index (κ3) is 1.48. The molecule has 0 aliphatic rings. The van der Waals surface area contributed by atoms with Crippen LogP contribution in [0.1, 0.15) is 0 Å². The van der Waals surface area contributed by atoms with Gasteiger partial charge in [0.25, 0.3) is 0 Å². The van der Waals surface area contributed by atoms with Gasteiger partial charge >= 0.3 is 11.4 Å². The van der Waals surface area contributed by atoms with Crippen molar-refractivity contribution in [3.8, 4) is 0 Å². The molecule has 5 heteroatoms. The highest BCUT2D eigenvalue weighted by atomic mass is 16.6. The average Bonchev–Trinajstić information content (AvgIpc) is 2.27. The SMILES string of the molecule is N#[N+]c1cc2ccccc2cc1[N+](=O)[O-]. The van der Waals surface area contributed by atoms with Crippen LogP contribution in [0.15, 0.2) is 36.4 Å². The monoisotopic (exact) mass is 200 g/mol. The molecular formula is C10H6N3O2+. The first-order valence-electron chi connectivity index (χ1n) is 4.24. The summed E-state index contributed by atoms with van der Waals surface area (Å²) in [5.74, 6) is 0. The molecular weight excluding hydrogens is 194 g/mol. The molecule has 2 aromatic carbocycles. The van der Waals surface area contributed by atoms with Gasteiger partial charge in [0.2, 0.25) is 5.39 Å². The molecule has 0 saturated heterocycles. The van der Waals surface area contributed by atoms with E-state index in [-0.39, 0.29) is 11.4 Å². The van der Waals surface area contributed by atoms with Crippen LogP contribution in [0.3, 0.4) is 0 Å². The Kier molecular flexibility index (Phi) is 2.03. The van der Waals surface area contributed by atoms with Crippen molar-refractivity contribution in [2.45, 2.75) is 0 Å². The zero-order valence-electron chi connectivity index (χ0n) is 7.62. The van der Waals surface area contributed by atoms with Crippen LogP contribution in [-0.4, -0.2) is 4.92 Å². The van der Waals surface area contributed by atoms with E-state index in [9.17, 15) is 10.1 Å². The van der Waals surface area contributed by atoms with E-state index < -0.39 is 4.92 Å². The molecule has 0 atom stereocenters. The fraction of sp³-hybridized carbons (Fsp3) is 0. The maximum Gasteiger partial charge on any atom is 0.461 e. The lowest BCUT2D eigenvalue weighted by Gasteiger charge is -1.94. The summed E-state index contributed by atoms with van der Waals surface area (Å²) in [6.45, 7) is 0. The van der Waals surface area contributed by atoms with Gasteiger partial charge in [-0.3, -0.25) is 10.1 Å². The van der Waals surface area contributed by atoms with Gasteiger partial charge in [0, 0.05) is 12.1 Å². The Morgan fingerprint density at radius 1 is 1.20 bits per heavy atom. The first kappa shape index (κ1) is 9.09. The van der Waals surface area contributed by atoms with Crippen LogP contribution in [0.4, 0.5) is 11.4 Å². The number of nitro benzene ring substituents is 1. The Morgan fingerprint density at radius 2 is 1.80 bits per heavy atom. The maximum atomic E-state index is 10.7.